The highest BCUT2D eigenvalue weighted by atomic mass is 79.9. The third-order valence-electron chi connectivity index (χ3n) is 12.1. The summed E-state index contributed by atoms with van der Waals surface area (Å²) in [6.45, 7) is 28.2. The lowest BCUT2D eigenvalue weighted by Crippen LogP contribution is -2.27. The van der Waals surface area contributed by atoms with Crippen molar-refractivity contribution in [1.82, 2.24) is 0 Å². The van der Waals surface area contributed by atoms with Crippen LogP contribution in [-0.2, 0) is 4.79 Å². The average molecular weight is 907 g/mol. The van der Waals surface area contributed by atoms with Gasteiger partial charge in [0.2, 0.25) is 0 Å². The predicted octanol–water partition coefficient (Wildman–Crippen LogP) is 17.2. The summed E-state index contributed by atoms with van der Waals surface area (Å²) in [5.74, 6) is 2.50. The normalized spacial score (nSPS) is 17.6. The van der Waals surface area contributed by atoms with Crippen molar-refractivity contribution in [3.05, 3.63) is 144 Å². The van der Waals surface area contributed by atoms with Gasteiger partial charge >= 0.3 is 0 Å². The molecule has 5 aromatic carbocycles. The van der Waals surface area contributed by atoms with Crippen LogP contribution in [0.25, 0.3) is 22.3 Å². The van der Waals surface area contributed by atoms with Crippen molar-refractivity contribution < 1.29 is 4.79 Å². The van der Waals surface area contributed by atoms with Gasteiger partial charge in [0.15, 0.2) is 0 Å². The summed E-state index contributed by atoms with van der Waals surface area (Å²) in [5, 5.41) is 1.45. The fourth-order valence-corrected chi connectivity index (χ4v) is 14.3. The standard InChI is InChI=1S/C53H63Br2OP/c1-30(2)36-24-43(32(5)6)51(44(25-36)33(7)8)41-20-17-21-42(52-45(34(9)10)26-37(31(3)4)27-46(52)35(11)12)53(41)57-49(39-18-13-15-22-47(39)54)28-38(56)29-50(57)40-19-14-16-23-48(40)55/h13-27,30-35,49-50H,28-29H2,1-12H3. The van der Waals surface area contributed by atoms with Gasteiger partial charge in [-0.15, -0.1) is 0 Å². The van der Waals surface area contributed by atoms with E-state index in [4.69, 9.17) is 0 Å². The molecule has 0 N–H and O–H groups in total. The molecule has 6 rings (SSSR count). The van der Waals surface area contributed by atoms with Gasteiger partial charge in [-0.05, 0) is 120 Å². The Hall–Kier alpha value is -2.84. The predicted molar refractivity (Wildman–Crippen MR) is 256 cm³/mol. The SMILES string of the molecule is CC(C)c1cc(C(C)C)c(-c2cccc(-c3c(C(C)C)cc(C(C)C)cc3C(C)C)c2P2C(c3ccccc3Br)CC(=O)CC2c2ccccc2Br)c(C(C)C)c1. The summed E-state index contributed by atoms with van der Waals surface area (Å²) in [4.78, 5) is 14.3. The Bertz CT molecular complexity index is 2030. The molecule has 0 amide bonds. The molecule has 1 nitrogen and oxygen atoms in total. The molecular weight excluding hydrogens is 843 g/mol. The molecule has 1 heterocycles. The van der Waals surface area contributed by atoms with Crippen molar-refractivity contribution in [3.63, 3.8) is 0 Å². The first-order valence-corrected chi connectivity index (χ1v) is 24.4. The zero-order chi connectivity index (χ0) is 41.5. The summed E-state index contributed by atoms with van der Waals surface area (Å²) in [5.41, 5.74) is 16.5. The van der Waals surface area contributed by atoms with E-state index in [0.29, 0.717) is 54.1 Å². The van der Waals surface area contributed by atoms with Crippen LogP contribution in [-0.4, -0.2) is 5.78 Å². The first-order valence-electron chi connectivity index (χ1n) is 21.3. The largest absolute Gasteiger partial charge is 0.300 e. The zero-order valence-corrected chi connectivity index (χ0v) is 40.4. The van der Waals surface area contributed by atoms with Crippen molar-refractivity contribution in [3.8, 4) is 22.3 Å². The Labute approximate surface area is 362 Å². The van der Waals surface area contributed by atoms with E-state index in [0.717, 1.165) is 8.95 Å². The lowest BCUT2D eigenvalue weighted by atomic mass is 9.79. The molecule has 5 aromatic rings. The fraction of sp³-hybridized carbons (Fsp3) is 0.415. The van der Waals surface area contributed by atoms with Crippen LogP contribution in [0.1, 0.15) is 187 Å². The van der Waals surface area contributed by atoms with Crippen molar-refractivity contribution >= 4 is 50.9 Å². The highest BCUT2D eigenvalue weighted by molar-refractivity contribution is 9.10. The van der Waals surface area contributed by atoms with Crippen LogP contribution in [0.3, 0.4) is 0 Å². The van der Waals surface area contributed by atoms with Gasteiger partial charge in [-0.2, -0.15) is 0 Å². The van der Waals surface area contributed by atoms with Gasteiger partial charge in [0.05, 0.1) is 0 Å². The molecule has 1 fully saturated rings. The van der Waals surface area contributed by atoms with E-state index >= 15 is 0 Å². The van der Waals surface area contributed by atoms with Gasteiger partial charge in [-0.3, -0.25) is 4.79 Å². The smallest absolute Gasteiger partial charge is 0.134 e. The number of carbonyl (C=O) groups excluding carboxylic acids is 1. The molecular formula is C53H63Br2OP. The third kappa shape index (κ3) is 8.88. The molecule has 1 aliphatic heterocycles. The number of ketones is 1. The van der Waals surface area contributed by atoms with Crippen molar-refractivity contribution in [2.45, 2.75) is 143 Å². The Morgan fingerprint density at radius 1 is 0.474 bits per heavy atom. The molecule has 0 aliphatic carbocycles. The van der Waals surface area contributed by atoms with Crippen LogP contribution in [0, 0.1) is 0 Å². The highest BCUT2D eigenvalue weighted by Gasteiger charge is 2.43. The van der Waals surface area contributed by atoms with Crippen LogP contribution in [0.2, 0.25) is 0 Å². The van der Waals surface area contributed by atoms with Gasteiger partial charge in [0, 0.05) is 33.1 Å². The summed E-state index contributed by atoms with van der Waals surface area (Å²) in [6, 6.07) is 34.7. The van der Waals surface area contributed by atoms with Gasteiger partial charge in [-0.25, -0.2) is 0 Å². The van der Waals surface area contributed by atoms with E-state index in [1.165, 1.54) is 72.1 Å². The topological polar surface area (TPSA) is 17.1 Å². The second-order valence-electron chi connectivity index (χ2n) is 18.2. The second kappa shape index (κ2) is 18.2. The molecule has 0 bridgehead atoms. The first kappa shape index (κ1) is 43.7. The molecule has 0 aromatic heterocycles. The van der Waals surface area contributed by atoms with E-state index in [1.54, 1.807) is 0 Å². The fourth-order valence-electron chi connectivity index (χ4n) is 9.01. The molecule has 0 spiro atoms. The Morgan fingerprint density at radius 3 is 1.11 bits per heavy atom. The maximum absolute atomic E-state index is 14.3. The Balaban J connectivity index is 1.88. The Kier molecular flexibility index (Phi) is 14.0. The molecule has 0 saturated carbocycles. The summed E-state index contributed by atoms with van der Waals surface area (Å²) in [6.07, 6.45) is 1.06. The van der Waals surface area contributed by atoms with Gasteiger partial charge in [0.1, 0.15) is 5.78 Å². The molecule has 2 atom stereocenters. The van der Waals surface area contributed by atoms with Crippen LogP contribution >= 0.6 is 39.8 Å². The van der Waals surface area contributed by atoms with Crippen LogP contribution in [0.5, 0.6) is 0 Å². The van der Waals surface area contributed by atoms with Crippen molar-refractivity contribution in [1.29, 1.82) is 0 Å². The second-order valence-corrected chi connectivity index (χ2v) is 22.4. The monoisotopic (exact) mass is 904 g/mol. The zero-order valence-electron chi connectivity index (χ0n) is 36.3. The maximum atomic E-state index is 14.3. The van der Waals surface area contributed by atoms with Crippen LogP contribution in [0.4, 0.5) is 0 Å². The summed E-state index contributed by atoms with van der Waals surface area (Å²) in [7, 11) is -1.04. The lowest BCUT2D eigenvalue weighted by Gasteiger charge is -2.42. The van der Waals surface area contributed by atoms with Gasteiger partial charge in [0.25, 0.3) is 0 Å². The van der Waals surface area contributed by atoms with E-state index in [2.05, 4.69) is 206 Å². The van der Waals surface area contributed by atoms with Crippen molar-refractivity contribution in [2.75, 3.05) is 0 Å². The van der Waals surface area contributed by atoms with E-state index in [9.17, 15) is 4.79 Å². The minimum Gasteiger partial charge on any atom is -0.300 e. The third-order valence-corrected chi connectivity index (χ3v) is 16.8. The van der Waals surface area contributed by atoms with E-state index in [-0.39, 0.29) is 11.3 Å². The molecule has 0 radical (unpaired) electrons. The lowest BCUT2D eigenvalue weighted by molar-refractivity contribution is -0.119. The van der Waals surface area contributed by atoms with Crippen LogP contribution < -0.4 is 5.30 Å². The molecule has 4 heteroatoms. The number of halogens is 2. The number of rotatable bonds is 11. The quantitative estimate of drug-likeness (QED) is 0.121. The molecule has 300 valence electrons. The number of hydrogen-bond acceptors (Lipinski definition) is 1. The van der Waals surface area contributed by atoms with E-state index < -0.39 is 7.92 Å². The van der Waals surface area contributed by atoms with Crippen LogP contribution in [0.15, 0.2) is 99.9 Å². The summed E-state index contributed by atoms with van der Waals surface area (Å²) < 4.78 is 2.17. The molecule has 2 unspecified atom stereocenters. The molecule has 1 aliphatic rings. The van der Waals surface area contributed by atoms with Gasteiger partial charge < -0.3 is 0 Å². The van der Waals surface area contributed by atoms with Gasteiger partial charge in [-0.1, -0.05) is 202 Å². The van der Waals surface area contributed by atoms with Crippen molar-refractivity contribution in [2.24, 2.45) is 0 Å². The minimum absolute atomic E-state index is 0.0219. The number of benzene rings is 5. The number of carbonyl (C=O) groups is 1. The summed E-state index contributed by atoms with van der Waals surface area (Å²) >= 11 is 8.05. The highest BCUT2D eigenvalue weighted by Crippen LogP contribution is 2.69. The van der Waals surface area contributed by atoms with E-state index in [1.807, 2.05) is 0 Å². The Morgan fingerprint density at radius 2 is 0.807 bits per heavy atom. The average Bonchev–Trinajstić information content (AvgIpc) is 3.16. The number of hydrogen-bond donors (Lipinski definition) is 0. The number of Topliss-reactive ketones (excluding diaryl/α,β-unsaturated/α-hetero) is 1. The minimum atomic E-state index is -1.04. The maximum Gasteiger partial charge on any atom is 0.134 e. The molecule has 57 heavy (non-hydrogen) atoms. The molecule has 1 saturated heterocycles. The first-order chi connectivity index (χ1) is 27.0.